The van der Waals surface area contributed by atoms with Crippen LogP contribution in [0.3, 0.4) is 0 Å². The van der Waals surface area contributed by atoms with Crippen LogP contribution in [-0.4, -0.2) is 16.0 Å². The molecule has 0 saturated heterocycles. The molecule has 3 aromatic rings. The number of amides is 1. The van der Waals surface area contributed by atoms with Crippen molar-refractivity contribution in [2.75, 3.05) is 0 Å². The number of primary amides is 1. The molecule has 0 unspecified atom stereocenters. The molecular formula is C17H14N2O2. The van der Waals surface area contributed by atoms with Crippen LogP contribution >= 0.6 is 0 Å². The summed E-state index contributed by atoms with van der Waals surface area (Å²) in [5, 5.41) is 11.9. The molecule has 21 heavy (non-hydrogen) atoms. The molecule has 4 heteroatoms. The monoisotopic (exact) mass is 278 g/mol. The van der Waals surface area contributed by atoms with Crippen LogP contribution < -0.4 is 5.73 Å². The van der Waals surface area contributed by atoms with Crippen LogP contribution in [0.1, 0.15) is 16.2 Å². The third-order valence-corrected chi connectivity index (χ3v) is 3.51. The fraction of sp³-hybridized carbons (Fsp3) is 0.0588. The highest BCUT2D eigenvalue weighted by atomic mass is 16.3. The van der Waals surface area contributed by atoms with Crippen LogP contribution in [-0.2, 0) is 0 Å². The van der Waals surface area contributed by atoms with E-state index < -0.39 is 5.91 Å². The number of nitrogens with zero attached hydrogens (tertiary/aromatic N) is 1. The second kappa shape index (κ2) is 4.90. The molecule has 0 aliphatic rings. The molecule has 0 spiro atoms. The molecular weight excluding hydrogens is 264 g/mol. The van der Waals surface area contributed by atoms with Gasteiger partial charge in [0, 0.05) is 22.2 Å². The predicted octanol–water partition coefficient (Wildman–Crippen LogP) is 3.01. The lowest BCUT2D eigenvalue weighted by Crippen LogP contribution is -2.15. The molecule has 2 aromatic carbocycles. The Balaban J connectivity index is 2.50. The Labute approximate surface area is 121 Å². The summed E-state index contributed by atoms with van der Waals surface area (Å²) >= 11 is 0. The third kappa shape index (κ3) is 2.10. The highest BCUT2D eigenvalue weighted by Crippen LogP contribution is 2.36. The molecule has 0 bridgehead atoms. The van der Waals surface area contributed by atoms with Gasteiger partial charge in [0.2, 0.25) is 0 Å². The zero-order valence-electron chi connectivity index (χ0n) is 11.5. The van der Waals surface area contributed by atoms with Gasteiger partial charge >= 0.3 is 0 Å². The van der Waals surface area contributed by atoms with E-state index in [2.05, 4.69) is 4.98 Å². The maximum absolute atomic E-state index is 11.8. The van der Waals surface area contributed by atoms with Crippen molar-refractivity contribution in [1.29, 1.82) is 0 Å². The predicted molar refractivity (Wildman–Crippen MR) is 82.1 cm³/mol. The number of nitrogens with two attached hydrogens (primary N) is 1. The maximum Gasteiger partial charge on any atom is 0.267 e. The molecule has 0 aliphatic carbocycles. The first-order valence-corrected chi connectivity index (χ1v) is 6.57. The van der Waals surface area contributed by atoms with Crippen molar-refractivity contribution in [3.63, 3.8) is 0 Å². The fourth-order valence-corrected chi connectivity index (χ4v) is 2.56. The third-order valence-electron chi connectivity index (χ3n) is 3.51. The molecule has 4 nitrogen and oxygen atoms in total. The number of aryl methyl sites for hydroxylation is 1. The number of phenolic OH excluding ortho intramolecular Hbond substituents is 1. The number of aromatic nitrogens is 1. The quantitative estimate of drug-likeness (QED) is 0.756. The van der Waals surface area contributed by atoms with Crippen LogP contribution in [0.5, 0.6) is 5.75 Å². The van der Waals surface area contributed by atoms with Crippen molar-refractivity contribution in [3.05, 3.63) is 59.9 Å². The summed E-state index contributed by atoms with van der Waals surface area (Å²) in [5.41, 5.74) is 7.51. The summed E-state index contributed by atoms with van der Waals surface area (Å²) in [5.74, 6) is -0.516. The number of hydrogen-bond donors (Lipinski definition) is 2. The van der Waals surface area contributed by atoms with Crippen LogP contribution in [0.4, 0.5) is 0 Å². The van der Waals surface area contributed by atoms with E-state index in [9.17, 15) is 9.90 Å². The Morgan fingerprint density at radius 1 is 1.05 bits per heavy atom. The molecule has 3 rings (SSSR count). The van der Waals surface area contributed by atoms with E-state index in [4.69, 9.17) is 5.73 Å². The minimum absolute atomic E-state index is 0.0933. The van der Waals surface area contributed by atoms with Crippen molar-refractivity contribution >= 4 is 16.7 Å². The summed E-state index contributed by atoms with van der Waals surface area (Å²) < 4.78 is 0. The standard InChI is InChI=1S/C17H14N2O2/c1-10-11-6-2-3-7-12(11)15(16(19-10)17(18)21)13-8-4-5-9-14(13)20/h2-9,20H,1H3,(H2,18,21). The number of hydrogen-bond acceptors (Lipinski definition) is 3. The lowest BCUT2D eigenvalue weighted by molar-refractivity contribution is 0.0996. The Morgan fingerprint density at radius 3 is 2.33 bits per heavy atom. The van der Waals surface area contributed by atoms with Crippen molar-refractivity contribution in [2.24, 2.45) is 5.73 Å². The number of fused-ring (bicyclic) bond motifs is 1. The van der Waals surface area contributed by atoms with E-state index in [0.717, 1.165) is 16.5 Å². The van der Waals surface area contributed by atoms with E-state index in [0.29, 0.717) is 11.1 Å². The summed E-state index contributed by atoms with van der Waals surface area (Å²) in [6.45, 7) is 1.84. The minimum atomic E-state index is -0.609. The van der Waals surface area contributed by atoms with Gasteiger partial charge in [-0.2, -0.15) is 0 Å². The topological polar surface area (TPSA) is 76.2 Å². The van der Waals surface area contributed by atoms with Gasteiger partial charge in [-0.15, -0.1) is 0 Å². The van der Waals surface area contributed by atoms with Crippen LogP contribution in [0, 0.1) is 6.92 Å². The lowest BCUT2D eigenvalue weighted by atomic mass is 9.95. The van der Waals surface area contributed by atoms with Crippen molar-refractivity contribution in [3.8, 4) is 16.9 Å². The summed E-state index contributed by atoms with van der Waals surface area (Å²) in [7, 11) is 0. The molecule has 1 amide bonds. The molecule has 0 saturated carbocycles. The Morgan fingerprint density at radius 2 is 1.67 bits per heavy atom. The highest BCUT2D eigenvalue weighted by molar-refractivity contribution is 6.09. The molecule has 0 radical (unpaired) electrons. The molecule has 1 aromatic heterocycles. The van der Waals surface area contributed by atoms with Crippen LogP contribution in [0.2, 0.25) is 0 Å². The van der Waals surface area contributed by atoms with Gasteiger partial charge < -0.3 is 10.8 Å². The number of aromatic hydroxyl groups is 1. The minimum Gasteiger partial charge on any atom is -0.507 e. The second-order valence-corrected chi connectivity index (χ2v) is 4.85. The number of para-hydroxylation sites is 1. The number of carbonyl (C=O) groups excluding carboxylic acids is 1. The SMILES string of the molecule is Cc1nc(C(N)=O)c(-c2ccccc2O)c2ccccc12. The molecule has 0 aliphatic heterocycles. The number of pyridine rings is 1. The van der Waals surface area contributed by atoms with Gasteiger partial charge in [-0.3, -0.25) is 4.79 Å². The van der Waals surface area contributed by atoms with Crippen molar-refractivity contribution in [1.82, 2.24) is 4.98 Å². The van der Waals surface area contributed by atoms with Crippen molar-refractivity contribution < 1.29 is 9.90 Å². The average molecular weight is 278 g/mol. The summed E-state index contributed by atoms with van der Waals surface area (Å²) in [4.78, 5) is 16.1. The molecule has 104 valence electrons. The lowest BCUT2D eigenvalue weighted by Gasteiger charge is -2.13. The largest absolute Gasteiger partial charge is 0.507 e. The Kier molecular flexibility index (Phi) is 3.06. The van der Waals surface area contributed by atoms with E-state index in [-0.39, 0.29) is 11.4 Å². The van der Waals surface area contributed by atoms with E-state index in [1.54, 1.807) is 24.3 Å². The van der Waals surface area contributed by atoms with E-state index in [1.165, 1.54) is 0 Å². The number of phenols is 1. The smallest absolute Gasteiger partial charge is 0.267 e. The van der Waals surface area contributed by atoms with Crippen molar-refractivity contribution in [2.45, 2.75) is 6.92 Å². The fourth-order valence-electron chi connectivity index (χ4n) is 2.56. The van der Waals surface area contributed by atoms with Crippen LogP contribution in [0.25, 0.3) is 21.9 Å². The van der Waals surface area contributed by atoms with Gasteiger partial charge in [-0.05, 0) is 18.4 Å². The number of benzene rings is 2. The first-order valence-electron chi connectivity index (χ1n) is 6.57. The number of rotatable bonds is 2. The van der Waals surface area contributed by atoms with E-state index >= 15 is 0 Å². The first-order chi connectivity index (χ1) is 10.1. The summed E-state index contributed by atoms with van der Waals surface area (Å²) in [6.07, 6.45) is 0. The van der Waals surface area contributed by atoms with Gasteiger partial charge in [0.05, 0.1) is 0 Å². The first kappa shape index (κ1) is 13.1. The van der Waals surface area contributed by atoms with Gasteiger partial charge in [0.1, 0.15) is 11.4 Å². The summed E-state index contributed by atoms with van der Waals surface area (Å²) in [6, 6.07) is 14.5. The Hall–Kier alpha value is -2.88. The van der Waals surface area contributed by atoms with Gasteiger partial charge in [0.15, 0.2) is 0 Å². The Bertz CT molecular complexity index is 857. The van der Waals surface area contributed by atoms with Gasteiger partial charge in [-0.1, -0.05) is 42.5 Å². The molecule has 3 N–H and O–H groups in total. The second-order valence-electron chi connectivity index (χ2n) is 4.85. The van der Waals surface area contributed by atoms with Gasteiger partial charge in [0.25, 0.3) is 5.91 Å². The van der Waals surface area contributed by atoms with E-state index in [1.807, 2.05) is 31.2 Å². The average Bonchev–Trinajstić information content (AvgIpc) is 2.48. The zero-order chi connectivity index (χ0) is 15.0. The molecule has 1 heterocycles. The molecule has 0 atom stereocenters. The number of carbonyl (C=O) groups is 1. The van der Waals surface area contributed by atoms with Crippen LogP contribution in [0.15, 0.2) is 48.5 Å². The molecule has 0 fully saturated rings. The normalized spacial score (nSPS) is 10.7. The highest BCUT2D eigenvalue weighted by Gasteiger charge is 2.19. The maximum atomic E-state index is 11.8. The van der Waals surface area contributed by atoms with Gasteiger partial charge in [-0.25, -0.2) is 4.98 Å². The zero-order valence-corrected chi connectivity index (χ0v) is 11.5.